The summed E-state index contributed by atoms with van der Waals surface area (Å²) in [5.41, 5.74) is 27.1. The quantitative estimate of drug-likeness (QED) is 0.155. The number of hydrogen-bond acceptors (Lipinski definition) is 4. The topological polar surface area (TPSA) is 22.9 Å². The molecule has 0 amide bonds. The minimum absolute atomic E-state index is 0.0137. The van der Waals surface area contributed by atoms with Crippen LogP contribution >= 0.6 is 0 Å². The van der Waals surface area contributed by atoms with E-state index in [1.54, 1.807) is 0 Å². The Kier molecular flexibility index (Phi) is 11.0. The van der Waals surface area contributed by atoms with Crippen molar-refractivity contribution in [1.82, 2.24) is 0 Å². The number of aryl methyl sites for hydroxylation is 3. The van der Waals surface area contributed by atoms with Crippen LogP contribution in [0, 0.1) is 20.8 Å². The Morgan fingerprint density at radius 1 is 0.554 bits per heavy atom. The maximum Gasteiger partial charge on any atom is 0.293 e. The van der Waals surface area contributed by atoms with Gasteiger partial charge in [-0.15, -0.1) is 0 Å². The van der Waals surface area contributed by atoms with Gasteiger partial charge in [0.05, 0.1) is 17.0 Å². The average Bonchev–Trinajstić information content (AvgIpc) is 3.74. The Bertz CT molecular complexity index is 3550. The van der Waals surface area contributed by atoms with Crippen molar-refractivity contribution in [1.29, 1.82) is 0 Å². The molecule has 1 aromatic heterocycles. The van der Waals surface area contributed by atoms with Crippen molar-refractivity contribution in [3.63, 3.8) is 0 Å². The normalized spacial score (nSPS) is 16.7. The Morgan fingerprint density at radius 3 is 1.72 bits per heavy atom. The minimum atomic E-state index is -0.114. The van der Waals surface area contributed by atoms with Gasteiger partial charge in [0.1, 0.15) is 5.58 Å². The second-order valence-corrected chi connectivity index (χ2v) is 25.5. The van der Waals surface area contributed by atoms with E-state index in [0.717, 1.165) is 48.3 Å². The first-order valence-electron chi connectivity index (χ1n) is 27.2. The zero-order valence-corrected chi connectivity index (χ0v) is 46.1. The van der Waals surface area contributed by atoms with Gasteiger partial charge in [0.15, 0.2) is 0 Å². The summed E-state index contributed by atoms with van der Waals surface area (Å²) < 4.78 is 7.73. The summed E-state index contributed by atoms with van der Waals surface area (Å²) in [5, 5.41) is 1.19. The van der Waals surface area contributed by atoms with Crippen LogP contribution in [0.25, 0.3) is 22.1 Å². The predicted molar refractivity (Wildman–Crippen MR) is 316 cm³/mol. The van der Waals surface area contributed by atoms with Crippen LogP contribution in [-0.2, 0) is 21.7 Å². The summed E-state index contributed by atoms with van der Waals surface area (Å²) in [7, 11) is 0. The lowest BCUT2D eigenvalue weighted by Crippen LogP contribution is -2.56. The minimum Gasteiger partial charge on any atom is -0.468 e. The van der Waals surface area contributed by atoms with Crippen molar-refractivity contribution in [3.05, 3.63) is 207 Å². The SMILES string of the molecule is Cc1ccc(N(C2=CC3=C(CC2)B2c4oc5cc6c(cc5c4N(c4ccc(C(C)(C)C)cc4-c4ccccc4)c4cc(C)cc(c42)N3c2ccc(C(C)(C)C)cc2)C(C)(C)CCC6(C)C)c2ccc(C)cc2)cc1. The zero-order valence-electron chi connectivity index (χ0n) is 46.1. The Labute approximate surface area is 441 Å². The molecule has 4 aliphatic rings. The van der Waals surface area contributed by atoms with Gasteiger partial charge in [-0.1, -0.05) is 159 Å². The van der Waals surface area contributed by atoms with Crippen molar-refractivity contribution < 1.29 is 4.42 Å². The molecule has 12 rings (SSSR count). The Balaban J connectivity index is 1.19. The molecule has 7 aromatic carbocycles. The molecule has 74 heavy (non-hydrogen) atoms. The molecule has 0 atom stereocenters. The Morgan fingerprint density at radius 2 is 1.12 bits per heavy atom. The van der Waals surface area contributed by atoms with E-state index in [1.807, 2.05) is 0 Å². The third-order valence-corrected chi connectivity index (χ3v) is 17.1. The number of rotatable bonds is 6. The molecule has 0 N–H and O–H groups in total. The number of anilines is 7. The fourth-order valence-electron chi connectivity index (χ4n) is 12.7. The van der Waals surface area contributed by atoms with Crippen LogP contribution in [0.15, 0.2) is 173 Å². The monoisotopic (exact) mass is 970 g/mol. The smallest absolute Gasteiger partial charge is 0.293 e. The molecule has 8 aromatic rings. The maximum absolute atomic E-state index is 7.73. The lowest BCUT2D eigenvalue weighted by Gasteiger charge is -2.45. The van der Waals surface area contributed by atoms with E-state index in [4.69, 9.17) is 4.42 Å². The molecule has 3 heterocycles. The number of nitrogens with zero attached hydrogens (tertiary/aromatic N) is 3. The lowest BCUT2D eigenvalue weighted by molar-refractivity contribution is 0.332. The summed E-state index contributed by atoms with van der Waals surface area (Å²) in [5.74, 6) is 0. The molecule has 4 nitrogen and oxygen atoms in total. The van der Waals surface area contributed by atoms with E-state index in [1.165, 1.54) is 106 Å². The third-order valence-electron chi connectivity index (χ3n) is 17.1. The highest BCUT2D eigenvalue weighted by Crippen LogP contribution is 2.54. The van der Waals surface area contributed by atoms with Gasteiger partial charge in [0.2, 0.25) is 0 Å². The zero-order chi connectivity index (χ0) is 51.8. The first kappa shape index (κ1) is 48.0. The second kappa shape index (κ2) is 17.0. The first-order chi connectivity index (χ1) is 35.2. The van der Waals surface area contributed by atoms with E-state index in [2.05, 4.69) is 256 Å². The van der Waals surface area contributed by atoms with E-state index in [9.17, 15) is 0 Å². The highest BCUT2D eigenvalue weighted by molar-refractivity contribution is 6.94. The van der Waals surface area contributed by atoms with Crippen molar-refractivity contribution in [2.45, 2.75) is 137 Å². The van der Waals surface area contributed by atoms with Crippen LogP contribution in [-0.4, -0.2) is 6.71 Å². The van der Waals surface area contributed by atoms with Gasteiger partial charge >= 0.3 is 0 Å². The molecular weight excluding hydrogens is 898 g/mol. The summed E-state index contributed by atoms with van der Waals surface area (Å²) in [4.78, 5) is 7.72. The van der Waals surface area contributed by atoms with Gasteiger partial charge in [-0.3, -0.25) is 0 Å². The van der Waals surface area contributed by atoms with Gasteiger partial charge in [-0.25, -0.2) is 0 Å². The standard InChI is InChI=1S/C69H72BN3O/c1-43-19-26-49(27-20-43)71(50-28-21-44(2)22-29-50)52-32-33-57-59(40-52)72(51-30-23-47(24-31-51)66(4,5)6)60-37-45(3)38-61-63(60)70(57)65-64(54-41-55-56(42-62(54)74-65)69(12,13)36-35-68(55,10)11)73(61)58-34-25-48(67(7,8)9)39-53(58)46-17-15-14-16-18-46/h14-31,34,37-42H,32-33,35-36H2,1-13H3. The second-order valence-electron chi connectivity index (χ2n) is 25.5. The number of fused-ring (bicyclic) bond motifs is 6. The number of benzene rings is 7. The average molecular weight is 970 g/mol. The molecule has 0 bridgehead atoms. The molecule has 0 radical (unpaired) electrons. The van der Waals surface area contributed by atoms with Crippen LogP contribution in [0.1, 0.15) is 134 Å². The fourth-order valence-corrected chi connectivity index (χ4v) is 12.7. The third kappa shape index (κ3) is 7.87. The largest absolute Gasteiger partial charge is 0.468 e. The molecule has 0 unspecified atom stereocenters. The highest BCUT2D eigenvalue weighted by atomic mass is 16.3. The molecule has 2 aliphatic heterocycles. The van der Waals surface area contributed by atoms with Crippen molar-refractivity contribution in [2.24, 2.45) is 0 Å². The lowest BCUT2D eigenvalue weighted by atomic mass is 9.34. The molecule has 2 aliphatic carbocycles. The van der Waals surface area contributed by atoms with E-state index >= 15 is 0 Å². The number of hydrogen-bond donors (Lipinski definition) is 0. The summed E-state index contributed by atoms with van der Waals surface area (Å²) in [6.45, 7) is 30.2. The van der Waals surface area contributed by atoms with Gasteiger partial charge < -0.3 is 19.1 Å². The van der Waals surface area contributed by atoms with Crippen LogP contribution in [0.2, 0.25) is 0 Å². The van der Waals surface area contributed by atoms with Crippen LogP contribution < -0.4 is 25.8 Å². The van der Waals surface area contributed by atoms with Crippen LogP contribution in [0.5, 0.6) is 0 Å². The van der Waals surface area contributed by atoms with Crippen LogP contribution in [0.4, 0.5) is 39.8 Å². The number of furan rings is 1. The fraction of sp³-hybridized carbons (Fsp3) is 0.304. The maximum atomic E-state index is 7.73. The molecular formula is C69H72BN3O. The summed E-state index contributed by atoms with van der Waals surface area (Å²) >= 11 is 0. The highest BCUT2D eigenvalue weighted by Gasteiger charge is 2.49. The molecule has 0 spiro atoms. The van der Waals surface area contributed by atoms with Gasteiger partial charge in [0.25, 0.3) is 6.71 Å². The van der Waals surface area contributed by atoms with Crippen molar-refractivity contribution >= 4 is 68.6 Å². The van der Waals surface area contributed by atoms with E-state index < -0.39 is 0 Å². The predicted octanol–water partition coefficient (Wildman–Crippen LogP) is 17.8. The molecule has 0 fully saturated rings. The Hall–Kier alpha value is -6.98. The van der Waals surface area contributed by atoms with E-state index in [0.29, 0.717) is 0 Å². The number of allylic oxidation sites excluding steroid dienone is 3. The molecule has 0 saturated carbocycles. The summed E-state index contributed by atoms with van der Waals surface area (Å²) in [6, 6.07) is 55.7. The van der Waals surface area contributed by atoms with E-state index in [-0.39, 0.29) is 28.4 Å². The van der Waals surface area contributed by atoms with Gasteiger partial charge in [-0.05, 0) is 186 Å². The van der Waals surface area contributed by atoms with Crippen LogP contribution in [0.3, 0.4) is 0 Å². The molecule has 5 heteroatoms. The first-order valence-corrected chi connectivity index (χ1v) is 27.2. The van der Waals surface area contributed by atoms with Gasteiger partial charge in [0, 0.05) is 50.8 Å². The van der Waals surface area contributed by atoms with Crippen molar-refractivity contribution in [2.75, 3.05) is 14.7 Å². The van der Waals surface area contributed by atoms with Crippen molar-refractivity contribution in [3.8, 4) is 11.1 Å². The van der Waals surface area contributed by atoms with Gasteiger partial charge in [-0.2, -0.15) is 0 Å². The molecule has 372 valence electrons. The molecule has 0 saturated heterocycles. The summed E-state index contributed by atoms with van der Waals surface area (Å²) in [6.07, 6.45) is 6.54.